The molecular weight excluding hydrogens is 298 g/mol. The number of nitrogens with one attached hydrogen (secondary N) is 1. The van der Waals surface area contributed by atoms with Crippen molar-refractivity contribution in [2.75, 3.05) is 7.11 Å². The number of methoxy groups -OCH3 is 1. The van der Waals surface area contributed by atoms with Crippen molar-refractivity contribution >= 4 is 10.9 Å². The van der Waals surface area contributed by atoms with E-state index in [1.165, 1.54) is 22.1 Å². The molecule has 0 radical (unpaired) electrons. The fourth-order valence-corrected chi connectivity index (χ4v) is 3.16. The first kappa shape index (κ1) is 14.6. The van der Waals surface area contributed by atoms with E-state index in [1.807, 2.05) is 24.8 Å². The Balaban J connectivity index is 1.96. The van der Waals surface area contributed by atoms with Crippen molar-refractivity contribution in [1.82, 2.24) is 14.5 Å². The number of H-pyrrole nitrogens is 1. The molecule has 0 spiro atoms. The minimum atomic E-state index is 0.761. The molecule has 24 heavy (non-hydrogen) atoms. The van der Waals surface area contributed by atoms with E-state index >= 15 is 0 Å². The van der Waals surface area contributed by atoms with Gasteiger partial charge in [0.2, 0.25) is 0 Å². The highest BCUT2D eigenvalue weighted by Gasteiger charge is 2.15. The Bertz CT molecular complexity index is 983. The van der Waals surface area contributed by atoms with Gasteiger partial charge in [0.15, 0.2) is 0 Å². The second kappa shape index (κ2) is 5.89. The summed E-state index contributed by atoms with van der Waals surface area (Å²) >= 11 is 0. The monoisotopic (exact) mass is 317 g/mol. The summed E-state index contributed by atoms with van der Waals surface area (Å²) in [4.78, 5) is 7.76. The van der Waals surface area contributed by atoms with Crippen LogP contribution in [0.5, 0.6) is 5.75 Å². The number of rotatable bonds is 4. The average molecular weight is 317 g/mol. The maximum Gasteiger partial charge on any atom is 0.119 e. The summed E-state index contributed by atoms with van der Waals surface area (Å²) in [6.07, 6.45) is 5.64. The van der Waals surface area contributed by atoms with Crippen LogP contribution in [0.1, 0.15) is 11.1 Å². The minimum absolute atomic E-state index is 0.761. The minimum Gasteiger partial charge on any atom is -0.497 e. The summed E-state index contributed by atoms with van der Waals surface area (Å²) in [5.41, 5.74) is 6.00. The first-order valence-corrected chi connectivity index (χ1v) is 7.96. The summed E-state index contributed by atoms with van der Waals surface area (Å²) in [7, 11) is 1.70. The van der Waals surface area contributed by atoms with Gasteiger partial charge in [-0.25, -0.2) is 4.98 Å². The Morgan fingerprint density at radius 3 is 2.79 bits per heavy atom. The third-order valence-corrected chi connectivity index (χ3v) is 4.43. The maximum absolute atomic E-state index is 5.42. The molecule has 4 nitrogen and oxygen atoms in total. The van der Waals surface area contributed by atoms with Gasteiger partial charge in [-0.05, 0) is 30.7 Å². The highest BCUT2D eigenvalue weighted by atomic mass is 16.5. The highest BCUT2D eigenvalue weighted by molar-refractivity contribution is 5.92. The Kier molecular flexibility index (Phi) is 3.58. The van der Waals surface area contributed by atoms with Crippen molar-refractivity contribution in [2.24, 2.45) is 0 Å². The van der Waals surface area contributed by atoms with Crippen LogP contribution in [-0.4, -0.2) is 21.6 Å². The third-order valence-electron chi connectivity index (χ3n) is 4.43. The molecule has 0 amide bonds. The summed E-state index contributed by atoms with van der Waals surface area (Å²) < 4.78 is 7.51. The Labute approximate surface area is 140 Å². The van der Waals surface area contributed by atoms with Crippen molar-refractivity contribution in [3.8, 4) is 17.0 Å². The second-order valence-corrected chi connectivity index (χ2v) is 5.94. The molecule has 2 aromatic heterocycles. The molecule has 4 aromatic rings. The molecule has 0 saturated heterocycles. The van der Waals surface area contributed by atoms with Crippen molar-refractivity contribution in [3.63, 3.8) is 0 Å². The van der Waals surface area contributed by atoms with Gasteiger partial charge in [0.05, 0.1) is 25.7 Å². The molecule has 0 aliphatic heterocycles. The quantitative estimate of drug-likeness (QED) is 0.606. The molecule has 1 N–H and O–H groups in total. The van der Waals surface area contributed by atoms with Crippen LogP contribution < -0.4 is 4.74 Å². The number of imidazole rings is 1. The van der Waals surface area contributed by atoms with Crippen LogP contribution in [0.15, 0.2) is 61.2 Å². The predicted molar refractivity (Wildman–Crippen MR) is 96.4 cm³/mol. The summed E-state index contributed by atoms with van der Waals surface area (Å²) in [6.45, 7) is 2.90. The van der Waals surface area contributed by atoms with Crippen LogP contribution in [0.4, 0.5) is 0 Å². The van der Waals surface area contributed by atoms with E-state index in [2.05, 4.69) is 57.9 Å². The molecule has 0 bridgehead atoms. The van der Waals surface area contributed by atoms with Crippen molar-refractivity contribution < 1.29 is 4.74 Å². The predicted octanol–water partition coefficient (Wildman–Crippen LogP) is 4.40. The van der Waals surface area contributed by atoms with Crippen molar-refractivity contribution in [1.29, 1.82) is 0 Å². The number of aromatic amines is 1. The molecular formula is C20H19N3O. The lowest BCUT2D eigenvalue weighted by Gasteiger charge is -2.09. The van der Waals surface area contributed by atoms with Crippen LogP contribution >= 0.6 is 0 Å². The molecule has 0 atom stereocenters. The molecule has 0 fully saturated rings. The number of hydrogen-bond donors (Lipinski definition) is 1. The number of hydrogen-bond acceptors (Lipinski definition) is 2. The highest BCUT2D eigenvalue weighted by Crippen LogP contribution is 2.34. The Hall–Kier alpha value is -3.01. The number of ether oxygens (including phenoxy) is 1. The SMILES string of the molecule is COc1ccc2[nH]c(-c3ccccc3C)c(Cn3ccnc3)c2c1. The fourth-order valence-electron chi connectivity index (χ4n) is 3.16. The number of nitrogens with zero attached hydrogens (tertiary/aromatic N) is 2. The van der Waals surface area contributed by atoms with Crippen molar-refractivity contribution in [2.45, 2.75) is 13.5 Å². The molecule has 4 rings (SSSR count). The van der Waals surface area contributed by atoms with Crippen molar-refractivity contribution in [3.05, 3.63) is 72.3 Å². The zero-order chi connectivity index (χ0) is 16.5. The number of fused-ring (bicyclic) bond motifs is 1. The molecule has 0 aliphatic carbocycles. The van der Waals surface area contributed by atoms with Crippen LogP contribution in [0, 0.1) is 6.92 Å². The summed E-state index contributed by atoms with van der Waals surface area (Å²) in [6, 6.07) is 14.6. The van der Waals surface area contributed by atoms with Gasteiger partial charge in [-0.1, -0.05) is 24.3 Å². The first-order valence-electron chi connectivity index (χ1n) is 7.96. The van der Waals surface area contributed by atoms with Gasteiger partial charge in [-0.2, -0.15) is 0 Å². The number of benzene rings is 2. The Morgan fingerprint density at radius 1 is 1.17 bits per heavy atom. The first-order chi connectivity index (χ1) is 11.8. The van der Waals surface area contributed by atoms with E-state index in [0.717, 1.165) is 23.5 Å². The van der Waals surface area contributed by atoms with Gasteiger partial charge in [0.25, 0.3) is 0 Å². The van der Waals surface area contributed by atoms with Gasteiger partial charge < -0.3 is 14.3 Å². The zero-order valence-corrected chi connectivity index (χ0v) is 13.8. The average Bonchev–Trinajstić information content (AvgIpc) is 3.24. The normalized spacial score (nSPS) is 11.1. The fraction of sp³-hybridized carbons (Fsp3) is 0.150. The van der Waals surface area contributed by atoms with Crippen LogP contribution in [0.25, 0.3) is 22.2 Å². The van der Waals surface area contributed by atoms with E-state index in [1.54, 1.807) is 7.11 Å². The maximum atomic E-state index is 5.42. The van der Waals surface area contributed by atoms with Crippen LogP contribution in [0.3, 0.4) is 0 Å². The van der Waals surface area contributed by atoms with E-state index in [0.29, 0.717) is 0 Å². The molecule has 0 unspecified atom stereocenters. The summed E-state index contributed by atoms with van der Waals surface area (Å²) in [5, 5.41) is 1.18. The van der Waals surface area contributed by atoms with Gasteiger partial charge in [0, 0.05) is 34.4 Å². The largest absolute Gasteiger partial charge is 0.497 e. The second-order valence-electron chi connectivity index (χ2n) is 5.94. The topological polar surface area (TPSA) is 42.8 Å². The van der Waals surface area contributed by atoms with E-state index in [-0.39, 0.29) is 0 Å². The zero-order valence-electron chi connectivity index (χ0n) is 13.8. The standard InChI is InChI=1S/C20H19N3O/c1-14-5-3-4-6-16(14)20-18(12-23-10-9-21-13-23)17-11-15(24-2)7-8-19(17)22-20/h3-11,13,22H,12H2,1-2H3. The lowest BCUT2D eigenvalue weighted by atomic mass is 10.0. The number of aryl methyl sites for hydroxylation is 1. The Morgan fingerprint density at radius 2 is 2.04 bits per heavy atom. The smallest absolute Gasteiger partial charge is 0.119 e. The van der Waals surface area contributed by atoms with Crippen LogP contribution in [-0.2, 0) is 6.54 Å². The van der Waals surface area contributed by atoms with Gasteiger partial charge >= 0.3 is 0 Å². The molecule has 0 aliphatic rings. The van der Waals surface area contributed by atoms with Gasteiger partial charge in [0.1, 0.15) is 5.75 Å². The third kappa shape index (κ3) is 2.46. The lowest BCUT2D eigenvalue weighted by Crippen LogP contribution is -1.98. The molecule has 4 heteroatoms. The van der Waals surface area contributed by atoms with E-state index in [9.17, 15) is 0 Å². The summed E-state index contributed by atoms with van der Waals surface area (Å²) in [5.74, 6) is 0.865. The van der Waals surface area contributed by atoms with E-state index in [4.69, 9.17) is 4.74 Å². The lowest BCUT2D eigenvalue weighted by molar-refractivity contribution is 0.415. The van der Waals surface area contributed by atoms with Gasteiger partial charge in [-0.3, -0.25) is 0 Å². The molecule has 120 valence electrons. The molecule has 2 aromatic carbocycles. The molecule has 0 saturated carbocycles. The van der Waals surface area contributed by atoms with Crippen LogP contribution in [0.2, 0.25) is 0 Å². The van der Waals surface area contributed by atoms with Gasteiger partial charge in [-0.15, -0.1) is 0 Å². The molecule has 2 heterocycles. The number of aromatic nitrogens is 3. The van der Waals surface area contributed by atoms with E-state index < -0.39 is 0 Å².